The van der Waals surface area contributed by atoms with Crippen LogP contribution in [0.2, 0.25) is 0 Å². The van der Waals surface area contributed by atoms with Crippen LogP contribution in [0.25, 0.3) is 0 Å². The first-order chi connectivity index (χ1) is 10.0. The molecule has 112 valence electrons. The number of amides is 1. The van der Waals surface area contributed by atoms with Crippen LogP contribution in [0.5, 0.6) is 0 Å². The van der Waals surface area contributed by atoms with Crippen LogP contribution < -0.4 is 5.32 Å². The number of carboxylic acid groups (broad SMARTS) is 1. The van der Waals surface area contributed by atoms with Crippen molar-refractivity contribution in [3.8, 4) is 0 Å². The maximum absolute atomic E-state index is 12.4. The number of carbonyl (C=O) groups is 2. The number of benzene rings is 1. The summed E-state index contributed by atoms with van der Waals surface area (Å²) in [5, 5.41) is 12.2. The lowest BCUT2D eigenvalue weighted by Crippen LogP contribution is -2.39. The molecule has 4 nitrogen and oxygen atoms in total. The number of hydrogen-bond donors (Lipinski definition) is 2. The fourth-order valence-electron chi connectivity index (χ4n) is 2.60. The van der Waals surface area contributed by atoms with Gasteiger partial charge in [0.15, 0.2) is 0 Å². The van der Waals surface area contributed by atoms with E-state index in [0.29, 0.717) is 12.8 Å². The van der Waals surface area contributed by atoms with Crippen LogP contribution in [0.1, 0.15) is 31.4 Å². The summed E-state index contributed by atoms with van der Waals surface area (Å²) in [6.45, 7) is 1.90. The highest BCUT2D eigenvalue weighted by molar-refractivity contribution is 9.10. The quantitative estimate of drug-likeness (QED) is 0.818. The Hall–Kier alpha value is -1.62. The van der Waals surface area contributed by atoms with Gasteiger partial charge in [0.1, 0.15) is 0 Å². The molecule has 0 bridgehead atoms. The Morgan fingerprint density at radius 1 is 1.24 bits per heavy atom. The number of carbonyl (C=O) groups excluding carboxylic acids is 1. The van der Waals surface area contributed by atoms with Crippen LogP contribution in [-0.2, 0) is 9.59 Å². The molecule has 0 radical (unpaired) electrons. The first-order valence-electron chi connectivity index (χ1n) is 6.93. The van der Waals surface area contributed by atoms with E-state index in [0.717, 1.165) is 10.0 Å². The molecular weight excluding hydrogens is 334 g/mol. The van der Waals surface area contributed by atoms with Gasteiger partial charge in [-0.15, -0.1) is 0 Å². The summed E-state index contributed by atoms with van der Waals surface area (Å²) in [5.74, 6) is -2.25. The highest BCUT2D eigenvalue weighted by Gasteiger charge is 2.34. The van der Waals surface area contributed by atoms with E-state index < -0.39 is 17.8 Å². The first-order valence-corrected chi connectivity index (χ1v) is 7.72. The van der Waals surface area contributed by atoms with Crippen LogP contribution in [0.15, 0.2) is 40.9 Å². The molecule has 21 heavy (non-hydrogen) atoms. The molecular formula is C16H18BrNO3. The van der Waals surface area contributed by atoms with E-state index in [1.165, 1.54) is 0 Å². The van der Waals surface area contributed by atoms with Gasteiger partial charge in [-0.3, -0.25) is 9.59 Å². The fraction of sp³-hybridized carbons (Fsp3) is 0.375. The van der Waals surface area contributed by atoms with Crippen LogP contribution in [0.4, 0.5) is 0 Å². The minimum Gasteiger partial charge on any atom is -0.481 e. The predicted octanol–water partition coefficient (Wildman–Crippen LogP) is 3.29. The molecule has 1 aliphatic carbocycles. The molecule has 1 aliphatic rings. The van der Waals surface area contributed by atoms with Crippen molar-refractivity contribution in [2.24, 2.45) is 11.8 Å². The van der Waals surface area contributed by atoms with E-state index in [1.807, 2.05) is 43.3 Å². The molecule has 2 N–H and O–H groups in total. The largest absolute Gasteiger partial charge is 0.481 e. The Morgan fingerprint density at radius 3 is 2.48 bits per heavy atom. The van der Waals surface area contributed by atoms with Crippen molar-refractivity contribution >= 4 is 27.8 Å². The Balaban J connectivity index is 2.08. The zero-order chi connectivity index (χ0) is 15.4. The third-order valence-corrected chi connectivity index (χ3v) is 4.54. The summed E-state index contributed by atoms with van der Waals surface area (Å²) in [5.41, 5.74) is 0.976. The summed E-state index contributed by atoms with van der Waals surface area (Å²) >= 11 is 3.46. The number of hydrogen-bond acceptors (Lipinski definition) is 2. The number of halogens is 1. The number of nitrogens with one attached hydrogen (secondary N) is 1. The molecule has 0 aliphatic heterocycles. The molecule has 0 aromatic heterocycles. The Labute approximate surface area is 132 Å². The molecule has 0 fully saturated rings. The maximum atomic E-state index is 12.4. The average Bonchev–Trinajstić information content (AvgIpc) is 2.47. The van der Waals surface area contributed by atoms with E-state index in [4.69, 9.17) is 0 Å². The molecule has 1 amide bonds. The van der Waals surface area contributed by atoms with Crippen molar-refractivity contribution < 1.29 is 14.7 Å². The van der Waals surface area contributed by atoms with Crippen molar-refractivity contribution in [1.82, 2.24) is 5.32 Å². The van der Waals surface area contributed by atoms with Crippen LogP contribution >= 0.6 is 15.9 Å². The topological polar surface area (TPSA) is 66.4 Å². The molecule has 0 saturated carbocycles. The van der Waals surface area contributed by atoms with Crippen molar-refractivity contribution in [2.45, 2.75) is 25.8 Å². The first kappa shape index (κ1) is 15.8. The molecule has 5 heteroatoms. The number of carboxylic acids is 1. The van der Waals surface area contributed by atoms with Crippen molar-refractivity contribution in [2.75, 3.05) is 0 Å². The average molecular weight is 352 g/mol. The smallest absolute Gasteiger partial charge is 0.307 e. The summed E-state index contributed by atoms with van der Waals surface area (Å²) in [6, 6.07) is 7.50. The fourth-order valence-corrected chi connectivity index (χ4v) is 3.23. The summed E-state index contributed by atoms with van der Waals surface area (Å²) in [7, 11) is 0. The van der Waals surface area contributed by atoms with Gasteiger partial charge in [-0.05, 0) is 31.4 Å². The molecule has 0 saturated heterocycles. The zero-order valence-electron chi connectivity index (χ0n) is 11.8. The Morgan fingerprint density at radius 2 is 1.86 bits per heavy atom. The van der Waals surface area contributed by atoms with E-state index in [-0.39, 0.29) is 11.9 Å². The van der Waals surface area contributed by atoms with E-state index in [1.54, 1.807) is 0 Å². The highest BCUT2D eigenvalue weighted by atomic mass is 79.9. The zero-order valence-corrected chi connectivity index (χ0v) is 13.3. The Kier molecular flexibility index (Phi) is 5.17. The van der Waals surface area contributed by atoms with Crippen LogP contribution in [0.3, 0.4) is 0 Å². The van der Waals surface area contributed by atoms with Gasteiger partial charge in [0, 0.05) is 4.47 Å². The molecule has 0 spiro atoms. The molecule has 1 aromatic rings. The SMILES string of the molecule is CC(NC(=O)C1CC=CCC1C(=O)O)c1ccccc1Br. The van der Waals surface area contributed by atoms with E-state index >= 15 is 0 Å². The number of aliphatic carboxylic acids is 1. The van der Waals surface area contributed by atoms with Gasteiger partial charge < -0.3 is 10.4 Å². The second-order valence-corrected chi connectivity index (χ2v) is 6.10. The minimum atomic E-state index is -0.909. The van der Waals surface area contributed by atoms with Gasteiger partial charge in [0.2, 0.25) is 5.91 Å². The summed E-state index contributed by atoms with van der Waals surface area (Å²) in [4.78, 5) is 23.6. The normalized spacial score (nSPS) is 22.6. The second kappa shape index (κ2) is 6.89. The molecule has 1 aromatic carbocycles. The highest BCUT2D eigenvalue weighted by Crippen LogP contribution is 2.28. The molecule has 3 unspecified atom stereocenters. The summed E-state index contributed by atoms with van der Waals surface area (Å²) in [6.07, 6.45) is 4.61. The van der Waals surface area contributed by atoms with E-state index in [2.05, 4.69) is 21.2 Å². The van der Waals surface area contributed by atoms with Crippen LogP contribution in [-0.4, -0.2) is 17.0 Å². The number of rotatable bonds is 4. The van der Waals surface area contributed by atoms with Crippen LogP contribution in [0, 0.1) is 11.8 Å². The van der Waals surface area contributed by atoms with Gasteiger partial charge in [-0.1, -0.05) is 46.3 Å². The lowest BCUT2D eigenvalue weighted by Gasteiger charge is -2.26. The third-order valence-electron chi connectivity index (χ3n) is 3.82. The lowest BCUT2D eigenvalue weighted by atomic mass is 9.82. The third kappa shape index (κ3) is 3.73. The molecule has 2 rings (SSSR count). The van der Waals surface area contributed by atoms with Gasteiger partial charge >= 0.3 is 5.97 Å². The van der Waals surface area contributed by atoms with Crippen molar-refractivity contribution in [3.05, 3.63) is 46.5 Å². The van der Waals surface area contributed by atoms with E-state index in [9.17, 15) is 14.7 Å². The van der Waals surface area contributed by atoms with Gasteiger partial charge in [-0.25, -0.2) is 0 Å². The minimum absolute atomic E-state index is 0.173. The van der Waals surface area contributed by atoms with Gasteiger partial charge in [-0.2, -0.15) is 0 Å². The molecule has 0 heterocycles. The van der Waals surface area contributed by atoms with Gasteiger partial charge in [0.25, 0.3) is 0 Å². The lowest BCUT2D eigenvalue weighted by molar-refractivity contribution is -0.147. The monoisotopic (exact) mass is 351 g/mol. The number of allylic oxidation sites excluding steroid dienone is 2. The van der Waals surface area contributed by atoms with Crippen molar-refractivity contribution in [1.29, 1.82) is 0 Å². The second-order valence-electron chi connectivity index (χ2n) is 5.25. The maximum Gasteiger partial charge on any atom is 0.307 e. The Bertz CT molecular complexity index is 570. The summed E-state index contributed by atoms with van der Waals surface area (Å²) < 4.78 is 0.927. The van der Waals surface area contributed by atoms with Crippen molar-refractivity contribution in [3.63, 3.8) is 0 Å². The molecule has 3 atom stereocenters. The standard InChI is InChI=1S/C16H18BrNO3/c1-10(11-6-4-5-9-14(11)17)18-15(19)12-7-2-3-8-13(12)16(20)21/h2-6,9-10,12-13H,7-8H2,1H3,(H,18,19)(H,20,21). The predicted molar refractivity (Wildman–Crippen MR) is 83.7 cm³/mol. The van der Waals surface area contributed by atoms with Gasteiger partial charge in [0.05, 0.1) is 17.9 Å².